The Morgan fingerprint density at radius 2 is 2.04 bits per heavy atom. The molecule has 6 heteroatoms. The predicted molar refractivity (Wildman–Crippen MR) is 105 cm³/mol. The molecular formula is C21H27N5O. The molecule has 0 aliphatic carbocycles. The largest absolute Gasteiger partial charge is 0.345 e. The van der Waals surface area contributed by atoms with Crippen LogP contribution in [0.25, 0.3) is 11.0 Å². The number of benzene rings is 1. The highest BCUT2D eigenvalue weighted by molar-refractivity contribution is 5.86. The third-order valence-corrected chi connectivity index (χ3v) is 4.95. The van der Waals surface area contributed by atoms with Gasteiger partial charge in [0.15, 0.2) is 0 Å². The van der Waals surface area contributed by atoms with Crippen LogP contribution in [0.3, 0.4) is 0 Å². The fraction of sp³-hybridized carbons (Fsp3) is 0.524. The molecule has 1 saturated heterocycles. The van der Waals surface area contributed by atoms with E-state index in [2.05, 4.69) is 54.4 Å². The first-order valence-electron chi connectivity index (χ1n) is 9.40. The van der Waals surface area contributed by atoms with Crippen molar-refractivity contribution >= 4 is 16.9 Å². The Hall–Kier alpha value is -2.52. The molecule has 142 valence electrons. The van der Waals surface area contributed by atoms with E-state index in [9.17, 15) is 10.1 Å². The van der Waals surface area contributed by atoms with E-state index in [0.29, 0.717) is 35.5 Å². The lowest BCUT2D eigenvalue weighted by Crippen LogP contribution is -2.57. The van der Waals surface area contributed by atoms with Crippen LogP contribution in [0, 0.1) is 22.7 Å². The molecule has 0 radical (unpaired) electrons. The van der Waals surface area contributed by atoms with Gasteiger partial charge in [0.25, 0.3) is 0 Å². The molecule has 6 nitrogen and oxygen atoms in total. The van der Waals surface area contributed by atoms with Gasteiger partial charge in [-0.25, -0.2) is 0 Å². The number of amides is 1. The summed E-state index contributed by atoms with van der Waals surface area (Å²) >= 11 is 0. The van der Waals surface area contributed by atoms with Gasteiger partial charge >= 0.3 is 0 Å². The summed E-state index contributed by atoms with van der Waals surface area (Å²) in [7, 11) is 0. The zero-order valence-electron chi connectivity index (χ0n) is 16.5. The second kappa shape index (κ2) is 7.24. The summed E-state index contributed by atoms with van der Waals surface area (Å²) in [5, 5.41) is 16.2. The second-order valence-corrected chi connectivity index (χ2v) is 8.83. The van der Waals surface area contributed by atoms with Gasteiger partial charge in [-0.05, 0) is 30.4 Å². The van der Waals surface area contributed by atoms with Gasteiger partial charge in [0, 0.05) is 30.9 Å². The molecule has 0 bridgehead atoms. The van der Waals surface area contributed by atoms with Gasteiger partial charge in [-0.2, -0.15) is 5.26 Å². The van der Waals surface area contributed by atoms with Crippen molar-refractivity contribution in [2.45, 2.75) is 46.1 Å². The number of carbonyl (C=O) groups is 1. The van der Waals surface area contributed by atoms with Gasteiger partial charge < -0.3 is 10.6 Å². The Morgan fingerprint density at radius 3 is 2.67 bits per heavy atom. The summed E-state index contributed by atoms with van der Waals surface area (Å²) in [6.07, 6.45) is 4.49. The first-order valence-corrected chi connectivity index (χ1v) is 9.40. The van der Waals surface area contributed by atoms with Crippen molar-refractivity contribution in [3.63, 3.8) is 0 Å². The fourth-order valence-electron chi connectivity index (χ4n) is 3.96. The predicted octanol–water partition coefficient (Wildman–Crippen LogP) is 2.88. The summed E-state index contributed by atoms with van der Waals surface area (Å²) in [6.45, 7) is 9.90. The third-order valence-electron chi connectivity index (χ3n) is 4.95. The van der Waals surface area contributed by atoms with Crippen LogP contribution in [0.1, 0.15) is 51.7 Å². The molecular weight excluding hydrogens is 338 g/mol. The molecule has 1 aliphatic heterocycles. The third kappa shape index (κ3) is 4.09. The molecule has 1 fully saturated rings. The van der Waals surface area contributed by atoms with Gasteiger partial charge in [0.05, 0.1) is 16.6 Å². The van der Waals surface area contributed by atoms with Gasteiger partial charge in [-0.1, -0.05) is 33.8 Å². The van der Waals surface area contributed by atoms with Crippen molar-refractivity contribution in [1.29, 1.82) is 5.26 Å². The minimum Gasteiger partial charge on any atom is -0.345 e. The molecule has 27 heavy (non-hydrogen) atoms. The highest BCUT2D eigenvalue weighted by Gasteiger charge is 2.40. The van der Waals surface area contributed by atoms with E-state index in [1.807, 2.05) is 6.07 Å². The van der Waals surface area contributed by atoms with E-state index in [1.165, 1.54) is 0 Å². The van der Waals surface area contributed by atoms with Gasteiger partial charge in [0.2, 0.25) is 5.91 Å². The van der Waals surface area contributed by atoms with Crippen LogP contribution in [0.15, 0.2) is 24.5 Å². The topological polar surface area (TPSA) is 90.7 Å². The number of aromatic nitrogens is 2. The SMILES string of the molecule is C[C@@H]1CNC[C@](NC(=O)CC(C)(C)C)(c2ccc(C#N)c3nccnc23)C1. The maximum absolute atomic E-state index is 12.8. The van der Waals surface area contributed by atoms with Crippen LogP contribution in [-0.4, -0.2) is 29.0 Å². The lowest BCUT2D eigenvalue weighted by atomic mass is 9.77. The number of hydrogen-bond acceptors (Lipinski definition) is 5. The monoisotopic (exact) mass is 365 g/mol. The van der Waals surface area contributed by atoms with Crippen LogP contribution in [0.5, 0.6) is 0 Å². The van der Waals surface area contributed by atoms with Crippen LogP contribution in [0.4, 0.5) is 0 Å². The average molecular weight is 365 g/mol. The van der Waals surface area contributed by atoms with Crippen molar-refractivity contribution in [1.82, 2.24) is 20.6 Å². The first kappa shape index (κ1) is 19.2. The van der Waals surface area contributed by atoms with Crippen molar-refractivity contribution in [3.8, 4) is 6.07 Å². The molecule has 1 aromatic heterocycles. The number of nitriles is 1. The highest BCUT2D eigenvalue weighted by atomic mass is 16.1. The Bertz CT molecular complexity index is 896. The van der Waals surface area contributed by atoms with Crippen molar-refractivity contribution in [2.24, 2.45) is 11.3 Å². The van der Waals surface area contributed by atoms with Gasteiger partial charge in [-0.3, -0.25) is 14.8 Å². The van der Waals surface area contributed by atoms with E-state index in [4.69, 9.17) is 0 Å². The van der Waals surface area contributed by atoms with Crippen molar-refractivity contribution < 1.29 is 4.79 Å². The molecule has 2 atom stereocenters. The van der Waals surface area contributed by atoms with E-state index in [0.717, 1.165) is 18.5 Å². The van der Waals surface area contributed by atoms with Crippen molar-refractivity contribution in [2.75, 3.05) is 13.1 Å². The molecule has 0 saturated carbocycles. The Balaban J connectivity index is 2.11. The van der Waals surface area contributed by atoms with Crippen LogP contribution < -0.4 is 10.6 Å². The second-order valence-electron chi connectivity index (χ2n) is 8.83. The summed E-state index contributed by atoms with van der Waals surface area (Å²) < 4.78 is 0. The Kier molecular flexibility index (Phi) is 5.16. The summed E-state index contributed by atoms with van der Waals surface area (Å²) in [6, 6.07) is 5.89. The van der Waals surface area contributed by atoms with Crippen molar-refractivity contribution in [3.05, 3.63) is 35.7 Å². The van der Waals surface area contributed by atoms with Crippen LogP contribution in [-0.2, 0) is 10.3 Å². The fourth-order valence-corrected chi connectivity index (χ4v) is 3.96. The smallest absolute Gasteiger partial charge is 0.221 e. The minimum atomic E-state index is -0.567. The Morgan fingerprint density at radius 1 is 1.33 bits per heavy atom. The molecule has 1 aromatic carbocycles. The summed E-state index contributed by atoms with van der Waals surface area (Å²) in [5.41, 5.74) is 2.03. The Labute approximate surface area is 160 Å². The first-order chi connectivity index (χ1) is 12.7. The van der Waals surface area contributed by atoms with Gasteiger partial charge in [-0.15, -0.1) is 0 Å². The number of piperidine rings is 1. The number of carbonyl (C=O) groups excluding carboxylic acids is 1. The molecule has 0 unspecified atom stereocenters. The molecule has 3 rings (SSSR count). The van der Waals surface area contributed by atoms with E-state index < -0.39 is 5.54 Å². The number of fused-ring (bicyclic) bond motifs is 1. The maximum Gasteiger partial charge on any atom is 0.221 e. The number of nitrogens with one attached hydrogen (secondary N) is 2. The minimum absolute atomic E-state index is 0.0276. The molecule has 0 spiro atoms. The zero-order valence-corrected chi connectivity index (χ0v) is 16.5. The summed E-state index contributed by atoms with van der Waals surface area (Å²) in [5.74, 6) is 0.427. The quantitative estimate of drug-likeness (QED) is 0.873. The zero-order chi connectivity index (χ0) is 19.7. The molecule has 1 aliphatic rings. The molecule has 1 amide bonds. The van der Waals surface area contributed by atoms with E-state index in [-0.39, 0.29) is 11.3 Å². The lowest BCUT2D eigenvalue weighted by molar-refractivity contribution is -0.125. The highest BCUT2D eigenvalue weighted by Crippen LogP contribution is 2.36. The molecule has 2 aromatic rings. The number of hydrogen-bond donors (Lipinski definition) is 2. The maximum atomic E-state index is 12.8. The van der Waals surface area contributed by atoms with Gasteiger partial charge in [0.1, 0.15) is 11.6 Å². The molecule has 2 N–H and O–H groups in total. The van der Waals surface area contributed by atoms with Crippen LogP contribution >= 0.6 is 0 Å². The number of nitrogens with zero attached hydrogens (tertiary/aromatic N) is 3. The van der Waals surface area contributed by atoms with E-state index >= 15 is 0 Å². The average Bonchev–Trinajstić information content (AvgIpc) is 2.59. The standard InChI is InChI=1S/C21H27N5O/c1-14-9-21(13-23-12-14,26-17(27)10-20(2,3)4)16-6-5-15(11-22)18-19(16)25-8-7-24-18/h5-8,14,23H,9-10,12-13H2,1-4H3,(H,26,27)/t14-,21-/m0/s1. The summed E-state index contributed by atoms with van der Waals surface area (Å²) in [4.78, 5) is 21.7. The molecule has 2 heterocycles. The van der Waals surface area contributed by atoms with E-state index in [1.54, 1.807) is 18.5 Å². The van der Waals surface area contributed by atoms with Crippen LogP contribution in [0.2, 0.25) is 0 Å². The number of rotatable bonds is 3. The lowest BCUT2D eigenvalue weighted by Gasteiger charge is -2.42. The normalized spacial score (nSPS) is 23.0.